The molecule has 1 aromatic rings. The van der Waals surface area contributed by atoms with Gasteiger partial charge in [-0.25, -0.2) is 0 Å². The molecule has 22 heavy (non-hydrogen) atoms. The lowest BCUT2D eigenvalue weighted by molar-refractivity contribution is -0.142. The van der Waals surface area contributed by atoms with Gasteiger partial charge >= 0.3 is 5.97 Å². The zero-order valence-electron chi connectivity index (χ0n) is 13.0. The zero-order chi connectivity index (χ0) is 16.1. The summed E-state index contributed by atoms with van der Waals surface area (Å²) in [6.45, 7) is 5.49. The molecule has 1 heterocycles. The Morgan fingerprint density at radius 1 is 1.32 bits per heavy atom. The summed E-state index contributed by atoms with van der Waals surface area (Å²) < 4.78 is 0. The number of hydrogen-bond acceptors (Lipinski definition) is 4. The van der Waals surface area contributed by atoms with E-state index in [-0.39, 0.29) is 12.5 Å². The molecule has 0 aliphatic carbocycles. The molecule has 0 radical (unpaired) electrons. The van der Waals surface area contributed by atoms with E-state index in [0.29, 0.717) is 18.8 Å². The van der Waals surface area contributed by atoms with Gasteiger partial charge in [0.15, 0.2) is 0 Å². The van der Waals surface area contributed by atoms with Crippen LogP contribution in [0.2, 0.25) is 0 Å². The predicted molar refractivity (Wildman–Crippen MR) is 88.1 cm³/mol. The Kier molecular flexibility index (Phi) is 5.85. The number of benzene rings is 1. The third kappa shape index (κ3) is 4.74. The molecule has 1 saturated heterocycles. The van der Waals surface area contributed by atoms with Crippen LogP contribution >= 0.6 is 11.8 Å². The number of nitrogens with zero attached hydrogens (tertiary/aromatic N) is 1. The number of rotatable bonds is 5. The number of amides is 1. The number of hydrogen-bond donors (Lipinski definition) is 2. The molecular weight excluding hydrogens is 300 g/mol. The van der Waals surface area contributed by atoms with Crippen LogP contribution in [0.25, 0.3) is 0 Å². The molecule has 0 aromatic heterocycles. The van der Waals surface area contributed by atoms with Crippen LogP contribution in [0.3, 0.4) is 0 Å². The number of aryl methyl sites for hydroxylation is 2. The van der Waals surface area contributed by atoms with E-state index in [1.807, 2.05) is 0 Å². The number of aliphatic carboxylic acids is 1. The molecule has 0 spiro atoms. The molecule has 1 aliphatic rings. The molecule has 1 amide bonds. The van der Waals surface area contributed by atoms with Crippen LogP contribution in [-0.4, -0.2) is 53.3 Å². The van der Waals surface area contributed by atoms with Crippen LogP contribution in [0.1, 0.15) is 16.7 Å². The van der Waals surface area contributed by atoms with E-state index in [9.17, 15) is 9.59 Å². The Hall–Kier alpha value is -1.53. The molecule has 120 valence electrons. The van der Waals surface area contributed by atoms with E-state index in [2.05, 4.69) is 37.4 Å². The van der Waals surface area contributed by atoms with E-state index in [1.54, 1.807) is 16.7 Å². The Labute approximate surface area is 135 Å². The summed E-state index contributed by atoms with van der Waals surface area (Å²) in [7, 11) is 0. The van der Waals surface area contributed by atoms with Gasteiger partial charge in [0.05, 0.1) is 5.75 Å². The molecule has 2 rings (SSSR count). The van der Waals surface area contributed by atoms with Crippen LogP contribution in [-0.2, 0) is 15.3 Å². The molecular formula is C16H22N2O3S. The smallest absolute Gasteiger partial charge is 0.322 e. The standard InChI is InChI=1S/C16H22N2O3S/c1-11-5-12(2)7-13(6-11)9-22-10-15(19)18-4-3-17-14(8-18)16(20)21/h5-7,14,17H,3-4,8-10H2,1-2H3,(H,20,21)/t14-/m0/s1. The molecule has 0 bridgehead atoms. The zero-order valence-corrected chi connectivity index (χ0v) is 13.8. The Morgan fingerprint density at radius 3 is 2.64 bits per heavy atom. The molecule has 1 aliphatic heterocycles. The van der Waals surface area contributed by atoms with Gasteiger partial charge in [-0.05, 0) is 19.4 Å². The third-order valence-corrected chi connectivity index (χ3v) is 4.59. The average Bonchev–Trinajstić information content (AvgIpc) is 2.46. The first-order chi connectivity index (χ1) is 10.5. The van der Waals surface area contributed by atoms with Crippen molar-refractivity contribution in [2.75, 3.05) is 25.4 Å². The molecule has 6 heteroatoms. The lowest BCUT2D eigenvalue weighted by Gasteiger charge is -2.31. The van der Waals surface area contributed by atoms with Crippen LogP contribution in [0.15, 0.2) is 18.2 Å². The lowest BCUT2D eigenvalue weighted by Crippen LogP contribution is -2.56. The number of piperazine rings is 1. The normalized spacial score (nSPS) is 18.3. The highest BCUT2D eigenvalue weighted by molar-refractivity contribution is 7.99. The van der Waals surface area contributed by atoms with Gasteiger partial charge in [0.2, 0.25) is 5.91 Å². The summed E-state index contributed by atoms with van der Waals surface area (Å²) in [5.74, 6) is 0.296. The van der Waals surface area contributed by atoms with Gasteiger partial charge in [0.25, 0.3) is 0 Å². The van der Waals surface area contributed by atoms with Crippen LogP contribution in [0.5, 0.6) is 0 Å². The number of carbonyl (C=O) groups is 2. The third-order valence-electron chi connectivity index (χ3n) is 3.60. The van der Waals surface area contributed by atoms with E-state index in [1.165, 1.54) is 16.7 Å². The highest BCUT2D eigenvalue weighted by Gasteiger charge is 2.27. The second kappa shape index (κ2) is 7.65. The fourth-order valence-corrected chi connectivity index (χ4v) is 3.50. The van der Waals surface area contributed by atoms with Crippen LogP contribution < -0.4 is 5.32 Å². The van der Waals surface area contributed by atoms with E-state index >= 15 is 0 Å². The summed E-state index contributed by atoms with van der Waals surface area (Å²) in [5, 5.41) is 11.9. The highest BCUT2D eigenvalue weighted by atomic mass is 32.2. The summed E-state index contributed by atoms with van der Waals surface area (Å²) in [5.41, 5.74) is 3.68. The number of carboxylic acid groups (broad SMARTS) is 1. The van der Waals surface area contributed by atoms with Gasteiger partial charge in [-0.1, -0.05) is 29.3 Å². The molecule has 2 N–H and O–H groups in total. The minimum Gasteiger partial charge on any atom is -0.480 e. The Balaban J connectivity index is 1.81. The molecule has 0 unspecified atom stereocenters. The summed E-state index contributed by atoms with van der Waals surface area (Å²) in [6.07, 6.45) is 0. The molecule has 1 aromatic carbocycles. The monoisotopic (exact) mass is 322 g/mol. The first-order valence-corrected chi connectivity index (χ1v) is 8.50. The van der Waals surface area contributed by atoms with Gasteiger partial charge in [-0.15, -0.1) is 11.8 Å². The van der Waals surface area contributed by atoms with Gasteiger partial charge in [-0.2, -0.15) is 0 Å². The summed E-state index contributed by atoms with van der Waals surface area (Å²) in [6, 6.07) is 5.75. The molecule has 5 nitrogen and oxygen atoms in total. The quantitative estimate of drug-likeness (QED) is 0.858. The first-order valence-electron chi connectivity index (χ1n) is 7.34. The lowest BCUT2D eigenvalue weighted by atomic mass is 10.1. The van der Waals surface area contributed by atoms with Crippen molar-refractivity contribution in [1.29, 1.82) is 0 Å². The predicted octanol–water partition coefficient (Wildman–Crippen LogP) is 1.42. The first kappa shape index (κ1) is 16.8. The maximum atomic E-state index is 12.2. The van der Waals surface area contributed by atoms with Gasteiger partial charge in [-0.3, -0.25) is 9.59 Å². The Bertz CT molecular complexity index is 542. The number of nitrogens with one attached hydrogen (secondary N) is 1. The van der Waals surface area contributed by atoms with Crippen molar-refractivity contribution in [2.45, 2.75) is 25.6 Å². The highest BCUT2D eigenvalue weighted by Crippen LogP contribution is 2.16. The van der Waals surface area contributed by atoms with E-state index < -0.39 is 12.0 Å². The van der Waals surface area contributed by atoms with E-state index in [4.69, 9.17) is 5.11 Å². The minimum atomic E-state index is -0.902. The maximum Gasteiger partial charge on any atom is 0.322 e. The minimum absolute atomic E-state index is 0.0159. The van der Waals surface area contributed by atoms with Crippen molar-refractivity contribution in [1.82, 2.24) is 10.2 Å². The fraction of sp³-hybridized carbons (Fsp3) is 0.500. The number of carboxylic acids is 1. The van der Waals surface area contributed by atoms with Gasteiger partial charge in [0.1, 0.15) is 6.04 Å². The van der Waals surface area contributed by atoms with Crippen molar-refractivity contribution in [2.24, 2.45) is 0 Å². The molecule has 1 atom stereocenters. The molecule has 1 fully saturated rings. The van der Waals surface area contributed by atoms with Crippen molar-refractivity contribution >= 4 is 23.6 Å². The maximum absolute atomic E-state index is 12.2. The summed E-state index contributed by atoms with van der Waals surface area (Å²) >= 11 is 1.58. The van der Waals surface area contributed by atoms with Crippen molar-refractivity contribution in [3.05, 3.63) is 34.9 Å². The van der Waals surface area contributed by atoms with Gasteiger partial charge in [0, 0.05) is 25.4 Å². The van der Waals surface area contributed by atoms with Crippen molar-refractivity contribution < 1.29 is 14.7 Å². The SMILES string of the molecule is Cc1cc(C)cc(CSCC(=O)N2CCN[C@H](C(=O)O)C2)c1. The van der Waals surface area contributed by atoms with E-state index in [0.717, 1.165) is 5.75 Å². The second-order valence-corrected chi connectivity index (χ2v) is 6.66. The van der Waals surface area contributed by atoms with Gasteiger partial charge < -0.3 is 15.3 Å². The topological polar surface area (TPSA) is 69.6 Å². The van der Waals surface area contributed by atoms with Crippen molar-refractivity contribution in [3.8, 4) is 0 Å². The average molecular weight is 322 g/mol. The molecule has 0 saturated carbocycles. The number of thioether (sulfide) groups is 1. The largest absolute Gasteiger partial charge is 0.480 e. The van der Waals surface area contributed by atoms with Crippen LogP contribution in [0, 0.1) is 13.8 Å². The van der Waals surface area contributed by atoms with Crippen LogP contribution in [0.4, 0.5) is 0 Å². The second-order valence-electron chi connectivity index (χ2n) is 5.67. The fourth-order valence-electron chi connectivity index (χ4n) is 2.64. The Morgan fingerprint density at radius 2 is 2.00 bits per heavy atom. The number of carbonyl (C=O) groups excluding carboxylic acids is 1. The summed E-state index contributed by atoms with van der Waals surface area (Å²) in [4.78, 5) is 24.8. The van der Waals surface area contributed by atoms with Crippen molar-refractivity contribution in [3.63, 3.8) is 0 Å².